The van der Waals surface area contributed by atoms with E-state index in [1.807, 2.05) is 0 Å². The van der Waals surface area contributed by atoms with Gasteiger partial charge in [0.05, 0.1) is 0 Å². The molecule has 0 atom stereocenters. The molecule has 2 aliphatic carbocycles. The highest BCUT2D eigenvalue weighted by Crippen LogP contribution is 2.38. The van der Waals surface area contributed by atoms with Gasteiger partial charge in [0.1, 0.15) is 5.82 Å². The maximum absolute atomic E-state index is 4.78. The largest absolute Gasteiger partial charge is 0.241 e. The van der Waals surface area contributed by atoms with Gasteiger partial charge >= 0.3 is 0 Å². The van der Waals surface area contributed by atoms with E-state index in [1.54, 1.807) is 0 Å². The van der Waals surface area contributed by atoms with Gasteiger partial charge in [0.15, 0.2) is 0 Å². The van der Waals surface area contributed by atoms with Crippen LogP contribution in [0, 0.1) is 5.92 Å². The molecule has 0 amide bonds. The Morgan fingerprint density at radius 2 is 1.29 bits per heavy atom. The van der Waals surface area contributed by atoms with Gasteiger partial charge in [-0.25, -0.2) is 9.97 Å². The summed E-state index contributed by atoms with van der Waals surface area (Å²) < 4.78 is 0. The van der Waals surface area contributed by atoms with E-state index < -0.39 is 0 Å². The van der Waals surface area contributed by atoms with E-state index in [0.717, 1.165) is 17.7 Å². The summed E-state index contributed by atoms with van der Waals surface area (Å²) in [6.07, 6.45) is 29.6. The summed E-state index contributed by atoms with van der Waals surface area (Å²) in [7, 11) is 0. The van der Waals surface area contributed by atoms with Crippen molar-refractivity contribution < 1.29 is 0 Å². The average Bonchev–Trinajstić information content (AvgIpc) is 2.77. The van der Waals surface area contributed by atoms with Crippen molar-refractivity contribution in [2.75, 3.05) is 0 Å². The fraction of sp³-hybridized carbons (Fsp3) is 0.846. The molecule has 2 fully saturated rings. The molecule has 3 rings (SSSR count). The second kappa shape index (κ2) is 12.6. The molecule has 0 bridgehead atoms. The topological polar surface area (TPSA) is 25.8 Å². The Morgan fingerprint density at radius 3 is 1.93 bits per heavy atom. The van der Waals surface area contributed by atoms with Crippen molar-refractivity contribution >= 4 is 0 Å². The van der Waals surface area contributed by atoms with Crippen LogP contribution in [0.15, 0.2) is 12.4 Å². The summed E-state index contributed by atoms with van der Waals surface area (Å²) in [6, 6.07) is 0. The molecule has 2 heteroatoms. The minimum absolute atomic E-state index is 0.630. The van der Waals surface area contributed by atoms with Crippen molar-refractivity contribution in [1.82, 2.24) is 9.97 Å². The van der Waals surface area contributed by atoms with Crippen molar-refractivity contribution in [2.45, 2.75) is 134 Å². The fourth-order valence-electron chi connectivity index (χ4n) is 5.48. The minimum Gasteiger partial charge on any atom is -0.241 e. The zero-order valence-electron chi connectivity index (χ0n) is 18.5. The van der Waals surface area contributed by atoms with Crippen LogP contribution in [0.4, 0.5) is 0 Å². The second-order valence-corrected chi connectivity index (χ2v) is 9.69. The van der Waals surface area contributed by atoms with Crippen LogP contribution in [0.2, 0.25) is 0 Å². The lowest BCUT2D eigenvalue weighted by molar-refractivity contribution is 0.301. The van der Waals surface area contributed by atoms with Crippen LogP contribution < -0.4 is 0 Å². The van der Waals surface area contributed by atoms with Gasteiger partial charge in [-0.3, -0.25) is 0 Å². The first-order chi connectivity index (χ1) is 13.9. The van der Waals surface area contributed by atoms with E-state index in [2.05, 4.69) is 19.3 Å². The molecule has 0 radical (unpaired) electrons. The van der Waals surface area contributed by atoms with Crippen LogP contribution in [-0.2, 0) is 0 Å². The molecule has 2 nitrogen and oxygen atoms in total. The predicted octanol–water partition coefficient (Wildman–Crippen LogP) is 8.33. The Morgan fingerprint density at radius 1 is 0.679 bits per heavy atom. The van der Waals surface area contributed by atoms with Crippen molar-refractivity contribution in [1.29, 1.82) is 0 Å². The Hall–Kier alpha value is -0.920. The molecule has 0 saturated heterocycles. The summed E-state index contributed by atoms with van der Waals surface area (Å²) in [5.41, 5.74) is 1.41. The molecule has 2 saturated carbocycles. The summed E-state index contributed by atoms with van der Waals surface area (Å²) in [4.78, 5) is 9.56. The number of nitrogens with zero attached hydrogens (tertiary/aromatic N) is 2. The number of aromatic nitrogens is 2. The molecular weight excluding hydrogens is 340 g/mol. The van der Waals surface area contributed by atoms with Crippen LogP contribution in [-0.4, -0.2) is 9.97 Å². The molecule has 1 aromatic rings. The predicted molar refractivity (Wildman–Crippen MR) is 120 cm³/mol. The van der Waals surface area contributed by atoms with Crippen LogP contribution in [0.25, 0.3) is 0 Å². The zero-order chi connectivity index (χ0) is 19.4. The van der Waals surface area contributed by atoms with Crippen LogP contribution in [0.3, 0.4) is 0 Å². The summed E-state index contributed by atoms with van der Waals surface area (Å²) in [5.74, 6) is 3.45. The standard InChI is InChI=1S/C26H44N2/c1-2-3-4-5-6-7-8-10-13-22-16-18-23(19-17-22)25-20-27-26(28-21-25)24-14-11-9-12-15-24/h20-24H,2-19H2,1H3. The van der Waals surface area contributed by atoms with Crippen LogP contribution in [0.5, 0.6) is 0 Å². The van der Waals surface area contributed by atoms with Crippen molar-refractivity contribution in [2.24, 2.45) is 5.92 Å². The third kappa shape index (κ3) is 7.16. The summed E-state index contributed by atoms with van der Waals surface area (Å²) >= 11 is 0. The van der Waals surface area contributed by atoms with E-state index in [4.69, 9.17) is 9.97 Å². The lowest BCUT2D eigenvalue weighted by Gasteiger charge is -2.28. The van der Waals surface area contributed by atoms with Gasteiger partial charge in [-0.2, -0.15) is 0 Å². The zero-order valence-corrected chi connectivity index (χ0v) is 18.5. The van der Waals surface area contributed by atoms with Crippen molar-refractivity contribution in [3.8, 4) is 0 Å². The molecule has 0 aromatic carbocycles. The molecule has 0 aliphatic heterocycles. The highest BCUT2D eigenvalue weighted by atomic mass is 14.9. The molecular formula is C26H44N2. The van der Waals surface area contributed by atoms with E-state index in [-0.39, 0.29) is 0 Å². The van der Waals surface area contributed by atoms with E-state index in [9.17, 15) is 0 Å². The van der Waals surface area contributed by atoms with Crippen LogP contribution in [0.1, 0.15) is 146 Å². The maximum Gasteiger partial charge on any atom is 0.131 e. The van der Waals surface area contributed by atoms with Gasteiger partial charge in [-0.15, -0.1) is 0 Å². The monoisotopic (exact) mass is 384 g/mol. The molecule has 0 N–H and O–H groups in total. The number of rotatable bonds is 11. The second-order valence-electron chi connectivity index (χ2n) is 9.69. The molecule has 28 heavy (non-hydrogen) atoms. The Labute approximate surface area is 174 Å². The van der Waals surface area contributed by atoms with Gasteiger partial charge in [0.25, 0.3) is 0 Å². The first-order valence-corrected chi connectivity index (χ1v) is 12.7. The molecule has 1 aromatic heterocycles. The maximum atomic E-state index is 4.78. The molecule has 1 heterocycles. The molecule has 0 unspecified atom stereocenters. The molecule has 2 aliphatic rings. The lowest BCUT2D eigenvalue weighted by Crippen LogP contribution is -2.15. The summed E-state index contributed by atoms with van der Waals surface area (Å²) in [5, 5.41) is 0. The normalized spacial score (nSPS) is 23.8. The highest BCUT2D eigenvalue weighted by Gasteiger charge is 2.23. The third-order valence-electron chi connectivity index (χ3n) is 7.45. The van der Waals surface area contributed by atoms with Crippen molar-refractivity contribution in [3.05, 3.63) is 23.8 Å². The Bertz CT molecular complexity index is 510. The SMILES string of the molecule is CCCCCCCCCCC1CCC(c2cnc(C3CCCCC3)nc2)CC1. The quantitative estimate of drug-likeness (QED) is 0.358. The van der Waals surface area contributed by atoms with E-state index >= 15 is 0 Å². The number of unbranched alkanes of at least 4 members (excludes halogenated alkanes) is 7. The molecule has 158 valence electrons. The smallest absolute Gasteiger partial charge is 0.131 e. The Kier molecular flexibility index (Phi) is 9.80. The Balaban J connectivity index is 1.29. The summed E-state index contributed by atoms with van der Waals surface area (Å²) in [6.45, 7) is 2.30. The van der Waals surface area contributed by atoms with Crippen LogP contribution >= 0.6 is 0 Å². The molecule has 0 spiro atoms. The minimum atomic E-state index is 0.630. The highest BCUT2D eigenvalue weighted by molar-refractivity contribution is 5.14. The van der Waals surface area contributed by atoms with E-state index in [1.165, 1.54) is 121 Å². The van der Waals surface area contributed by atoms with E-state index in [0.29, 0.717) is 5.92 Å². The van der Waals surface area contributed by atoms with Gasteiger partial charge < -0.3 is 0 Å². The third-order valence-corrected chi connectivity index (χ3v) is 7.45. The van der Waals surface area contributed by atoms with Crippen molar-refractivity contribution in [3.63, 3.8) is 0 Å². The van der Waals surface area contributed by atoms with Gasteiger partial charge in [0.2, 0.25) is 0 Å². The van der Waals surface area contributed by atoms with Gasteiger partial charge in [-0.1, -0.05) is 84.0 Å². The lowest BCUT2D eigenvalue weighted by atomic mass is 9.77. The first-order valence-electron chi connectivity index (χ1n) is 12.7. The number of hydrogen-bond acceptors (Lipinski definition) is 2. The number of hydrogen-bond donors (Lipinski definition) is 0. The van der Waals surface area contributed by atoms with Gasteiger partial charge in [0, 0.05) is 18.3 Å². The average molecular weight is 385 g/mol. The van der Waals surface area contributed by atoms with Gasteiger partial charge in [-0.05, 0) is 55.9 Å². The fourth-order valence-corrected chi connectivity index (χ4v) is 5.48. The first kappa shape index (κ1) is 21.8.